The molecule has 0 fully saturated rings. The summed E-state index contributed by atoms with van der Waals surface area (Å²) in [6.07, 6.45) is 0. The van der Waals surface area contributed by atoms with Crippen molar-refractivity contribution in [3.05, 3.63) is 28.0 Å². The van der Waals surface area contributed by atoms with Crippen LogP contribution in [0.3, 0.4) is 0 Å². The summed E-state index contributed by atoms with van der Waals surface area (Å²) >= 11 is 0.958. The molecule has 7 heteroatoms. The van der Waals surface area contributed by atoms with E-state index >= 15 is 0 Å². The summed E-state index contributed by atoms with van der Waals surface area (Å²) < 4.78 is 25.6. The molecule has 0 saturated carbocycles. The Morgan fingerprint density at radius 1 is 1.56 bits per heavy atom. The second-order valence-corrected chi connectivity index (χ2v) is 7.32. The fourth-order valence-electron chi connectivity index (χ4n) is 1.46. The van der Waals surface area contributed by atoms with Crippen molar-refractivity contribution in [2.24, 2.45) is 0 Å². The summed E-state index contributed by atoms with van der Waals surface area (Å²) in [4.78, 5) is 11.4. The molecule has 1 N–H and O–H groups in total. The van der Waals surface area contributed by atoms with Crippen molar-refractivity contribution in [1.82, 2.24) is 4.31 Å². The molecule has 0 bridgehead atoms. The van der Waals surface area contributed by atoms with Gasteiger partial charge in [-0.25, -0.2) is 13.2 Å². The molecule has 0 aliphatic rings. The number of carboxylic acids is 1. The zero-order chi connectivity index (χ0) is 14.1. The van der Waals surface area contributed by atoms with Crippen LogP contribution in [-0.4, -0.2) is 37.4 Å². The Kier molecular flexibility index (Phi) is 4.31. The molecular weight excluding hydrogens is 274 g/mol. The SMILES string of the molecule is C=C(C)CN(C)S(=O)(=O)c1cc(C(=O)O)sc1C. The van der Waals surface area contributed by atoms with Gasteiger partial charge in [-0.3, -0.25) is 0 Å². The Labute approximate surface area is 110 Å². The number of carboxylic acid groups (broad SMARTS) is 1. The highest BCUT2D eigenvalue weighted by atomic mass is 32.2. The van der Waals surface area contributed by atoms with Crippen molar-refractivity contribution in [1.29, 1.82) is 0 Å². The van der Waals surface area contributed by atoms with Gasteiger partial charge in [-0.05, 0) is 19.9 Å². The molecule has 0 unspecified atom stereocenters. The van der Waals surface area contributed by atoms with E-state index in [-0.39, 0.29) is 16.3 Å². The van der Waals surface area contributed by atoms with E-state index < -0.39 is 16.0 Å². The summed E-state index contributed by atoms with van der Waals surface area (Å²) in [5.41, 5.74) is 0.715. The molecule has 0 atom stereocenters. The van der Waals surface area contributed by atoms with Crippen molar-refractivity contribution >= 4 is 27.3 Å². The molecule has 1 aromatic rings. The van der Waals surface area contributed by atoms with Crippen molar-refractivity contribution in [3.63, 3.8) is 0 Å². The van der Waals surface area contributed by atoms with Crippen LogP contribution < -0.4 is 0 Å². The topological polar surface area (TPSA) is 74.7 Å². The number of rotatable bonds is 5. The summed E-state index contributed by atoms with van der Waals surface area (Å²) in [6, 6.07) is 1.20. The third kappa shape index (κ3) is 2.98. The molecule has 0 aromatic carbocycles. The number of hydrogen-bond acceptors (Lipinski definition) is 4. The second kappa shape index (κ2) is 5.21. The Hall–Kier alpha value is -1.18. The number of aryl methyl sites for hydroxylation is 1. The van der Waals surface area contributed by atoms with Crippen molar-refractivity contribution < 1.29 is 18.3 Å². The van der Waals surface area contributed by atoms with Gasteiger partial charge in [-0.1, -0.05) is 12.2 Å². The molecule has 1 rings (SSSR count). The number of aromatic carboxylic acids is 1. The second-order valence-electron chi connectivity index (χ2n) is 4.05. The minimum absolute atomic E-state index is 0.0230. The molecule has 5 nitrogen and oxygen atoms in total. The Bertz CT molecular complexity index is 586. The highest BCUT2D eigenvalue weighted by Crippen LogP contribution is 2.27. The van der Waals surface area contributed by atoms with E-state index in [9.17, 15) is 13.2 Å². The van der Waals surface area contributed by atoms with Crippen molar-refractivity contribution in [3.8, 4) is 0 Å². The Morgan fingerprint density at radius 3 is 2.50 bits per heavy atom. The molecule has 0 aliphatic carbocycles. The summed E-state index contributed by atoms with van der Waals surface area (Å²) in [6.45, 7) is 7.20. The van der Waals surface area contributed by atoms with Crippen molar-refractivity contribution in [2.45, 2.75) is 18.7 Å². The van der Waals surface area contributed by atoms with Crippen LogP contribution in [-0.2, 0) is 10.0 Å². The minimum Gasteiger partial charge on any atom is -0.477 e. The Balaban J connectivity index is 3.20. The van der Waals surface area contributed by atoms with E-state index in [0.717, 1.165) is 15.6 Å². The lowest BCUT2D eigenvalue weighted by molar-refractivity contribution is 0.0702. The van der Waals surface area contributed by atoms with E-state index in [1.807, 2.05) is 0 Å². The van der Waals surface area contributed by atoms with Gasteiger partial charge < -0.3 is 5.11 Å². The van der Waals surface area contributed by atoms with Crippen LogP contribution in [0.2, 0.25) is 0 Å². The molecule has 0 amide bonds. The zero-order valence-electron chi connectivity index (χ0n) is 10.4. The van der Waals surface area contributed by atoms with E-state index in [1.165, 1.54) is 13.1 Å². The predicted octanol–water partition coefficient (Wildman–Crippen LogP) is 1.95. The lowest BCUT2D eigenvalue weighted by Gasteiger charge is -2.16. The number of nitrogens with zero attached hydrogens (tertiary/aromatic N) is 1. The first-order valence-electron chi connectivity index (χ1n) is 5.10. The van der Waals surface area contributed by atoms with Gasteiger partial charge in [-0.15, -0.1) is 11.3 Å². The largest absolute Gasteiger partial charge is 0.477 e. The molecule has 0 saturated heterocycles. The minimum atomic E-state index is -3.66. The highest BCUT2D eigenvalue weighted by molar-refractivity contribution is 7.89. The predicted molar refractivity (Wildman–Crippen MR) is 70.6 cm³/mol. The van der Waals surface area contributed by atoms with Gasteiger partial charge in [0.25, 0.3) is 0 Å². The normalized spacial score (nSPS) is 11.8. The average Bonchev–Trinajstić information content (AvgIpc) is 2.59. The maximum Gasteiger partial charge on any atom is 0.345 e. The summed E-state index contributed by atoms with van der Waals surface area (Å²) in [5.74, 6) is -1.12. The summed E-state index contributed by atoms with van der Waals surface area (Å²) in [5, 5.41) is 8.86. The maximum absolute atomic E-state index is 12.2. The quantitative estimate of drug-likeness (QED) is 0.841. The molecule has 1 aromatic heterocycles. The first-order valence-corrected chi connectivity index (χ1v) is 7.36. The molecule has 1 heterocycles. The van der Waals surface area contributed by atoms with Gasteiger partial charge in [0.1, 0.15) is 4.88 Å². The summed E-state index contributed by atoms with van der Waals surface area (Å²) in [7, 11) is -2.21. The van der Waals surface area contributed by atoms with Crippen LogP contribution in [0.4, 0.5) is 0 Å². The standard InChI is InChI=1S/C11H15NO4S2/c1-7(2)6-12(4)18(15,16)10-5-9(11(13)14)17-8(10)3/h5H,1,6H2,2-4H3,(H,13,14). The van der Waals surface area contributed by atoms with Gasteiger partial charge in [0.15, 0.2) is 0 Å². The molecular formula is C11H15NO4S2. The van der Waals surface area contributed by atoms with Crippen LogP contribution in [0.1, 0.15) is 21.5 Å². The Morgan fingerprint density at radius 2 is 2.11 bits per heavy atom. The van der Waals surface area contributed by atoms with E-state index in [1.54, 1.807) is 13.8 Å². The molecule has 0 aliphatic heterocycles. The van der Waals surface area contributed by atoms with E-state index in [4.69, 9.17) is 5.11 Å². The van der Waals surface area contributed by atoms with E-state index in [0.29, 0.717) is 10.5 Å². The molecule has 0 spiro atoms. The molecule has 18 heavy (non-hydrogen) atoms. The molecule has 100 valence electrons. The van der Waals surface area contributed by atoms with Crippen LogP contribution in [0, 0.1) is 6.92 Å². The van der Waals surface area contributed by atoms with Gasteiger partial charge in [0, 0.05) is 18.5 Å². The zero-order valence-corrected chi connectivity index (χ0v) is 12.1. The smallest absolute Gasteiger partial charge is 0.345 e. The highest BCUT2D eigenvalue weighted by Gasteiger charge is 2.26. The first kappa shape index (κ1) is 14.9. The maximum atomic E-state index is 12.2. The number of likely N-dealkylation sites (N-methyl/N-ethyl adjacent to an activating group) is 1. The number of carbonyl (C=O) groups is 1. The van der Waals surface area contributed by atoms with Gasteiger partial charge in [-0.2, -0.15) is 4.31 Å². The molecule has 0 radical (unpaired) electrons. The fourth-order valence-corrected chi connectivity index (χ4v) is 4.09. The third-order valence-electron chi connectivity index (χ3n) is 2.26. The lowest BCUT2D eigenvalue weighted by Crippen LogP contribution is -2.28. The number of hydrogen-bond donors (Lipinski definition) is 1. The fraction of sp³-hybridized carbons (Fsp3) is 0.364. The van der Waals surface area contributed by atoms with Crippen LogP contribution in [0.25, 0.3) is 0 Å². The van der Waals surface area contributed by atoms with Gasteiger partial charge in [0.2, 0.25) is 10.0 Å². The number of sulfonamides is 1. The third-order valence-corrected chi connectivity index (χ3v) is 5.36. The monoisotopic (exact) mass is 289 g/mol. The van der Waals surface area contributed by atoms with Gasteiger partial charge in [0.05, 0.1) is 4.90 Å². The average molecular weight is 289 g/mol. The van der Waals surface area contributed by atoms with Crippen LogP contribution in [0.15, 0.2) is 23.1 Å². The van der Waals surface area contributed by atoms with Crippen LogP contribution in [0.5, 0.6) is 0 Å². The van der Waals surface area contributed by atoms with Crippen molar-refractivity contribution in [2.75, 3.05) is 13.6 Å². The lowest BCUT2D eigenvalue weighted by atomic mass is 10.4. The first-order chi connectivity index (χ1) is 8.16. The van der Waals surface area contributed by atoms with Crippen LogP contribution >= 0.6 is 11.3 Å². The number of thiophene rings is 1. The van der Waals surface area contributed by atoms with E-state index in [2.05, 4.69) is 6.58 Å². The van der Waals surface area contributed by atoms with Gasteiger partial charge >= 0.3 is 5.97 Å².